The quantitative estimate of drug-likeness (QED) is 0.617. The van der Waals surface area contributed by atoms with Crippen molar-refractivity contribution in [2.75, 3.05) is 29.4 Å². The van der Waals surface area contributed by atoms with E-state index in [9.17, 15) is 14.0 Å². The van der Waals surface area contributed by atoms with Gasteiger partial charge in [-0.15, -0.1) is 0 Å². The maximum Gasteiger partial charge on any atom is 0.323 e. The Labute approximate surface area is 189 Å². The first-order chi connectivity index (χ1) is 14.9. The van der Waals surface area contributed by atoms with E-state index in [0.29, 0.717) is 5.82 Å². The van der Waals surface area contributed by atoms with Crippen molar-refractivity contribution in [2.45, 2.75) is 56.9 Å². The molecule has 1 aromatic carbocycles. The molecule has 2 aromatic rings. The largest absolute Gasteiger partial charge is 0.323 e. The molecule has 2 aliphatic rings. The zero-order valence-corrected chi connectivity index (χ0v) is 20.4. The van der Waals surface area contributed by atoms with Crippen LogP contribution in [-0.4, -0.2) is 50.5 Å². The van der Waals surface area contributed by atoms with Gasteiger partial charge in [0.1, 0.15) is 5.82 Å². The van der Waals surface area contributed by atoms with E-state index in [2.05, 4.69) is 39.6 Å². The lowest BCUT2D eigenvalue weighted by Gasteiger charge is -2.53. The van der Waals surface area contributed by atoms with Gasteiger partial charge in [0.15, 0.2) is 5.82 Å². The van der Waals surface area contributed by atoms with E-state index in [1.54, 1.807) is 17.0 Å². The molecule has 0 radical (unpaired) electrons. The number of nitrogens with one attached hydrogen (secondary N) is 3. The van der Waals surface area contributed by atoms with Gasteiger partial charge in [0.05, 0.1) is 28.2 Å². The van der Waals surface area contributed by atoms with Gasteiger partial charge in [0.2, 0.25) is 5.91 Å². The SMILES string of the molecule is Cc1ccc(F)c(NC(=O)N2Cc3c(NC(=O)C4(S(C)(C)C)CCC4)n[nH]c3C2(C)C)c1. The second-order valence-corrected chi connectivity index (χ2v) is 14.6. The molecule has 1 aliphatic carbocycles. The van der Waals surface area contributed by atoms with Crippen LogP contribution < -0.4 is 10.6 Å². The molecule has 4 rings (SSSR count). The van der Waals surface area contributed by atoms with Crippen LogP contribution in [0.3, 0.4) is 0 Å². The number of aryl methyl sites for hydroxylation is 1. The molecule has 1 saturated carbocycles. The van der Waals surface area contributed by atoms with Crippen LogP contribution in [0.15, 0.2) is 18.2 Å². The van der Waals surface area contributed by atoms with Gasteiger partial charge in [-0.3, -0.25) is 9.89 Å². The second-order valence-electron chi connectivity index (χ2n) is 10.1. The Kier molecular flexibility index (Phi) is 5.31. The third-order valence-corrected chi connectivity index (χ3v) is 10.00. The van der Waals surface area contributed by atoms with Crippen molar-refractivity contribution in [3.63, 3.8) is 0 Å². The van der Waals surface area contributed by atoms with Gasteiger partial charge in [-0.05, 0) is 76.5 Å². The number of carbonyl (C=O) groups is 2. The lowest BCUT2D eigenvalue weighted by molar-refractivity contribution is -0.120. The van der Waals surface area contributed by atoms with E-state index in [0.717, 1.165) is 36.1 Å². The monoisotopic (exact) mass is 461 g/mol. The van der Waals surface area contributed by atoms with Crippen molar-refractivity contribution in [1.29, 1.82) is 0 Å². The van der Waals surface area contributed by atoms with Crippen LogP contribution in [0.5, 0.6) is 0 Å². The fourth-order valence-corrected chi connectivity index (χ4v) is 6.82. The van der Waals surface area contributed by atoms with Gasteiger partial charge in [0, 0.05) is 5.56 Å². The number of hydrogen-bond donors (Lipinski definition) is 3. The minimum Gasteiger partial charge on any atom is -0.309 e. The lowest BCUT2D eigenvalue weighted by atomic mass is 9.83. The number of H-pyrrole nitrogens is 1. The van der Waals surface area contributed by atoms with E-state index >= 15 is 0 Å². The number of hydrogen-bond acceptors (Lipinski definition) is 3. The molecule has 32 heavy (non-hydrogen) atoms. The summed E-state index contributed by atoms with van der Waals surface area (Å²) in [5, 5.41) is 13.1. The first kappa shape index (κ1) is 22.6. The summed E-state index contributed by atoms with van der Waals surface area (Å²) < 4.78 is 13.8. The molecule has 174 valence electrons. The molecule has 1 fully saturated rings. The van der Waals surface area contributed by atoms with Gasteiger partial charge in [-0.2, -0.15) is 5.10 Å². The summed E-state index contributed by atoms with van der Waals surface area (Å²) in [7, 11) is -1.09. The number of fused-ring (bicyclic) bond motifs is 1. The van der Waals surface area contributed by atoms with Crippen LogP contribution in [0.4, 0.5) is 20.7 Å². The van der Waals surface area contributed by atoms with E-state index in [1.165, 1.54) is 6.07 Å². The Bertz CT molecular complexity index is 1080. The average molecular weight is 462 g/mol. The maximum atomic E-state index is 14.2. The van der Waals surface area contributed by atoms with Gasteiger partial charge >= 0.3 is 6.03 Å². The Morgan fingerprint density at radius 1 is 1.19 bits per heavy atom. The fraction of sp³-hybridized carbons (Fsp3) is 0.522. The summed E-state index contributed by atoms with van der Waals surface area (Å²) in [6.45, 7) is 5.92. The van der Waals surface area contributed by atoms with E-state index in [-0.39, 0.29) is 22.9 Å². The third-order valence-electron chi connectivity index (χ3n) is 7.06. The molecule has 1 aliphatic heterocycles. The van der Waals surface area contributed by atoms with Crippen LogP contribution in [0, 0.1) is 12.7 Å². The summed E-state index contributed by atoms with van der Waals surface area (Å²) >= 11 is 0. The van der Waals surface area contributed by atoms with Crippen LogP contribution >= 0.6 is 10.0 Å². The Hall–Kier alpha value is -2.55. The van der Waals surface area contributed by atoms with Crippen molar-refractivity contribution in [2.24, 2.45) is 0 Å². The summed E-state index contributed by atoms with van der Waals surface area (Å²) in [5.41, 5.74) is 1.87. The zero-order valence-electron chi connectivity index (χ0n) is 19.6. The smallest absolute Gasteiger partial charge is 0.309 e. The van der Waals surface area contributed by atoms with Crippen molar-refractivity contribution in [1.82, 2.24) is 15.1 Å². The topological polar surface area (TPSA) is 90.1 Å². The Balaban J connectivity index is 1.55. The number of rotatable bonds is 4. The van der Waals surface area contributed by atoms with E-state index in [4.69, 9.17) is 0 Å². The number of aromatic nitrogens is 2. The second kappa shape index (κ2) is 7.50. The van der Waals surface area contributed by atoms with Crippen molar-refractivity contribution in [3.05, 3.63) is 40.8 Å². The average Bonchev–Trinajstić information content (AvgIpc) is 3.14. The predicted molar refractivity (Wildman–Crippen MR) is 128 cm³/mol. The summed E-state index contributed by atoms with van der Waals surface area (Å²) in [5.74, 6) is 0.0118. The molecular formula is C23H32FN5O2S. The highest BCUT2D eigenvalue weighted by atomic mass is 32.3. The van der Waals surface area contributed by atoms with Crippen molar-refractivity contribution >= 4 is 33.5 Å². The molecule has 3 amide bonds. The summed E-state index contributed by atoms with van der Waals surface area (Å²) in [6, 6.07) is 4.20. The highest BCUT2D eigenvalue weighted by molar-refractivity contribution is 8.33. The van der Waals surface area contributed by atoms with Gasteiger partial charge in [0.25, 0.3) is 0 Å². The number of anilines is 2. The number of halogens is 1. The lowest BCUT2D eigenvalue weighted by Crippen LogP contribution is -2.51. The minimum absolute atomic E-state index is 0.0167. The van der Waals surface area contributed by atoms with Crippen molar-refractivity contribution < 1.29 is 14.0 Å². The van der Waals surface area contributed by atoms with Gasteiger partial charge in [-0.1, -0.05) is 6.07 Å². The number of urea groups is 1. The number of aromatic amines is 1. The normalized spacial score (nSPS) is 19.2. The highest BCUT2D eigenvalue weighted by Crippen LogP contribution is 2.60. The van der Waals surface area contributed by atoms with Crippen LogP contribution in [-0.2, 0) is 16.9 Å². The molecule has 9 heteroatoms. The van der Waals surface area contributed by atoms with Crippen molar-refractivity contribution in [3.8, 4) is 0 Å². The number of benzene rings is 1. The predicted octanol–water partition coefficient (Wildman–Crippen LogP) is 4.70. The maximum absolute atomic E-state index is 14.2. The Morgan fingerprint density at radius 3 is 2.47 bits per heavy atom. The first-order valence-corrected chi connectivity index (χ1v) is 13.6. The zero-order chi connectivity index (χ0) is 23.5. The molecular weight excluding hydrogens is 429 g/mol. The molecule has 0 atom stereocenters. The molecule has 0 saturated heterocycles. The first-order valence-electron chi connectivity index (χ1n) is 10.8. The molecule has 7 nitrogen and oxygen atoms in total. The summed E-state index contributed by atoms with van der Waals surface area (Å²) in [4.78, 5) is 28.0. The van der Waals surface area contributed by atoms with Gasteiger partial charge in [-0.25, -0.2) is 19.2 Å². The van der Waals surface area contributed by atoms with Crippen LogP contribution in [0.2, 0.25) is 0 Å². The minimum atomic E-state index is -1.09. The number of carbonyl (C=O) groups excluding carboxylic acids is 2. The number of nitrogens with zero attached hydrogens (tertiary/aromatic N) is 2. The molecule has 1 aromatic heterocycles. The van der Waals surface area contributed by atoms with Crippen LogP contribution in [0.25, 0.3) is 0 Å². The Morgan fingerprint density at radius 2 is 1.88 bits per heavy atom. The highest BCUT2D eigenvalue weighted by Gasteiger charge is 2.51. The molecule has 2 heterocycles. The third kappa shape index (κ3) is 3.46. The molecule has 0 unspecified atom stereocenters. The fourth-order valence-electron chi connectivity index (χ4n) is 4.70. The molecule has 0 spiro atoms. The molecule has 3 N–H and O–H groups in total. The van der Waals surface area contributed by atoms with E-state index < -0.39 is 27.4 Å². The summed E-state index contributed by atoms with van der Waals surface area (Å²) in [6.07, 6.45) is 9.40. The van der Waals surface area contributed by atoms with Crippen LogP contribution in [0.1, 0.15) is 49.9 Å². The standard InChI is InChI=1S/C23H32FN5O2S/c1-14-8-9-16(24)17(12-14)25-21(31)29-13-15-18(22(29,2)3)27-28-19(15)26-20(30)23(10-7-11-23)32(4,5)6/h8-9,12H,7,10-11,13H2,1-6H3,(H,25,31)(H2,26,27,28,30). The molecule has 0 bridgehead atoms. The van der Waals surface area contributed by atoms with Gasteiger partial charge < -0.3 is 15.5 Å². The van der Waals surface area contributed by atoms with E-state index in [1.807, 2.05) is 20.8 Å². The number of amides is 3.